The predicted octanol–water partition coefficient (Wildman–Crippen LogP) is 6.11. The molecule has 0 amide bonds. The van der Waals surface area contributed by atoms with E-state index in [4.69, 9.17) is 4.74 Å². The van der Waals surface area contributed by atoms with Crippen molar-refractivity contribution in [1.29, 1.82) is 0 Å². The average molecular weight is 256 g/mol. The summed E-state index contributed by atoms with van der Waals surface area (Å²) >= 11 is 0. The van der Waals surface area contributed by atoms with Gasteiger partial charge in [0.05, 0.1) is 6.10 Å². The maximum Gasteiger partial charge on any atom is 0.0546 e. The molecule has 0 aromatic rings. The Morgan fingerprint density at radius 3 is 1.56 bits per heavy atom. The second-order valence-corrected chi connectivity index (χ2v) is 5.59. The number of unbranched alkanes of at least 4 members (excludes halogenated alkanes) is 10. The first-order chi connectivity index (χ1) is 8.81. The highest BCUT2D eigenvalue weighted by atomic mass is 16.5. The fourth-order valence-electron chi connectivity index (χ4n) is 2.46. The molecule has 0 spiro atoms. The normalized spacial score (nSPS) is 12.8. The van der Waals surface area contributed by atoms with Crippen LogP contribution in [0.25, 0.3) is 0 Å². The van der Waals surface area contributed by atoms with Crippen LogP contribution in [0.4, 0.5) is 0 Å². The first-order valence-electron chi connectivity index (χ1n) is 8.42. The zero-order valence-corrected chi connectivity index (χ0v) is 13.2. The van der Waals surface area contributed by atoms with Crippen molar-refractivity contribution in [2.45, 2.75) is 104 Å². The molecule has 1 heteroatoms. The predicted molar refractivity (Wildman–Crippen MR) is 82.2 cm³/mol. The third-order valence-electron chi connectivity index (χ3n) is 3.67. The van der Waals surface area contributed by atoms with Crippen molar-refractivity contribution in [3.8, 4) is 0 Å². The van der Waals surface area contributed by atoms with E-state index in [1.807, 2.05) is 0 Å². The highest BCUT2D eigenvalue weighted by Gasteiger charge is 1.99. The molecule has 110 valence electrons. The van der Waals surface area contributed by atoms with Crippen LogP contribution in [-0.2, 0) is 4.74 Å². The van der Waals surface area contributed by atoms with Crippen molar-refractivity contribution in [1.82, 2.24) is 0 Å². The van der Waals surface area contributed by atoms with Crippen molar-refractivity contribution in [3.05, 3.63) is 0 Å². The van der Waals surface area contributed by atoms with Crippen LogP contribution in [-0.4, -0.2) is 12.7 Å². The molecule has 0 aromatic heterocycles. The van der Waals surface area contributed by atoms with Crippen LogP contribution in [0.1, 0.15) is 97.8 Å². The molecule has 0 aliphatic heterocycles. The summed E-state index contributed by atoms with van der Waals surface area (Å²) in [5.41, 5.74) is 0. The standard InChI is InChI=1S/C17H36O/c1-4-6-7-8-9-10-11-12-13-14-15-16-17(3)18-5-2/h17H,4-16H2,1-3H3. The quantitative estimate of drug-likeness (QED) is 0.341. The number of rotatable bonds is 14. The van der Waals surface area contributed by atoms with Gasteiger partial charge in [0.25, 0.3) is 0 Å². The zero-order chi connectivity index (χ0) is 13.5. The summed E-state index contributed by atoms with van der Waals surface area (Å²) in [4.78, 5) is 0. The lowest BCUT2D eigenvalue weighted by atomic mass is 10.0. The Morgan fingerprint density at radius 2 is 1.11 bits per heavy atom. The summed E-state index contributed by atoms with van der Waals surface area (Å²) in [7, 11) is 0. The third-order valence-corrected chi connectivity index (χ3v) is 3.67. The Balaban J connectivity index is 2.98. The highest BCUT2D eigenvalue weighted by Crippen LogP contribution is 2.13. The van der Waals surface area contributed by atoms with Gasteiger partial charge in [0.15, 0.2) is 0 Å². The summed E-state index contributed by atoms with van der Waals surface area (Å²) in [6, 6.07) is 0. The Kier molecular flexibility index (Phi) is 15.0. The number of hydrogen-bond donors (Lipinski definition) is 0. The molecule has 0 aliphatic carbocycles. The van der Waals surface area contributed by atoms with E-state index in [1.54, 1.807) is 0 Å². The van der Waals surface area contributed by atoms with E-state index in [0.717, 1.165) is 6.61 Å². The smallest absolute Gasteiger partial charge is 0.0546 e. The number of hydrogen-bond acceptors (Lipinski definition) is 1. The van der Waals surface area contributed by atoms with E-state index < -0.39 is 0 Å². The fourth-order valence-corrected chi connectivity index (χ4v) is 2.46. The molecule has 18 heavy (non-hydrogen) atoms. The lowest BCUT2D eigenvalue weighted by Gasteiger charge is -2.10. The van der Waals surface area contributed by atoms with Gasteiger partial charge in [-0.1, -0.05) is 77.6 Å². The van der Waals surface area contributed by atoms with Crippen LogP contribution in [0.5, 0.6) is 0 Å². The van der Waals surface area contributed by atoms with Crippen molar-refractivity contribution in [2.24, 2.45) is 0 Å². The van der Waals surface area contributed by atoms with E-state index in [-0.39, 0.29) is 0 Å². The molecule has 0 radical (unpaired) electrons. The molecule has 1 atom stereocenters. The lowest BCUT2D eigenvalue weighted by molar-refractivity contribution is 0.0683. The van der Waals surface area contributed by atoms with Gasteiger partial charge in [-0.15, -0.1) is 0 Å². The summed E-state index contributed by atoms with van der Waals surface area (Å²) in [6.45, 7) is 7.42. The van der Waals surface area contributed by atoms with Gasteiger partial charge < -0.3 is 4.74 Å². The van der Waals surface area contributed by atoms with E-state index in [2.05, 4.69) is 20.8 Å². The van der Waals surface area contributed by atoms with Crippen molar-refractivity contribution in [3.63, 3.8) is 0 Å². The van der Waals surface area contributed by atoms with E-state index >= 15 is 0 Å². The Bertz CT molecular complexity index is 145. The van der Waals surface area contributed by atoms with Crippen LogP contribution in [0.2, 0.25) is 0 Å². The molecule has 0 rings (SSSR count). The van der Waals surface area contributed by atoms with Crippen LogP contribution < -0.4 is 0 Å². The molecule has 0 fully saturated rings. The minimum absolute atomic E-state index is 0.466. The maximum absolute atomic E-state index is 5.53. The van der Waals surface area contributed by atoms with Gasteiger partial charge in [-0.3, -0.25) is 0 Å². The first-order valence-corrected chi connectivity index (χ1v) is 8.42. The average Bonchev–Trinajstić information content (AvgIpc) is 2.36. The lowest BCUT2D eigenvalue weighted by Crippen LogP contribution is -2.07. The summed E-state index contributed by atoms with van der Waals surface area (Å²) in [6.07, 6.45) is 17.4. The molecular formula is C17H36O. The molecule has 0 aliphatic rings. The maximum atomic E-state index is 5.53. The Labute approximate surface area is 116 Å². The minimum Gasteiger partial charge on any atom is -0.379 e. The second kappa shape index (κ2) is 15.0. The van der Waals surface area contributed by atoms with Crippen molar-refractivity contribution >= 4 is 0 Å². The van der Waals surface area contributed by atoms with Gasteiger partial charge in [0, 0.05) is 6.61 Å². The number of ether oxygens (including phenoxy) is 1. The Hall–Kier alpha value is -0.0400. The summed E-state index contributed by atoms with van der Waals surface area (Å²) < 4.78 is 5.53. The van der Waals surface area contributed by atoms with E-state index in [0.29, 0.717) is 6.10 Å². The largest absolute Gasteiger partial charge is 0.379 e. The molecule has 0 saturated carbocycles. The van der Waals surface area contributed by atoms with Crippen LogP contribution >= 0.6 is 0 Å². The van der Waals surface area contributed by atoms with Gasteiger partial charge >= 0.3 is 0 Å². The molecule has 1 nitrogen and oxygen atoms in total. The third kappa shape index (κ3) is 14.0. The van der Waals surface area contributed by atoms with Gasteiger partial charge in [0.1, 0.15) is 0 Å². The van der Waals surface area contributed by atoms with Crippen LogP contribution in [0.3, 0.4) is 0 Å². The van der Waals surface area contributed by atoms with Gasteiger partial charge in [-0.25, -0.2) is 0 Å². The highest BCUT2D eigenvalue weighted by molar-refractivity contribution is 4.52. The second-order valence-electron chi connectivity index (χ2n) is 5.59. The minimum atomic E-state index is 0.466. The Morgan fingerprint density at radius 1 is 0.667 bits per heavy atom. The zero-order valence-electron chi connectivity index (χ0n) is 13.2. The molecule has 0 N–H and O–H groups in total. The van der Waals surface area contributed by atoms with Gasteiger partial charge in [-0.05, 0) is 20.3 Å². The monoisotopic (exact) mass is 256 g/mol. The molecule has 0 saturated heterocycles. The topological polar surface area (TPSA) is 9.23 Å². The van der Waals surface area contributed by atoms with Crippen molar-refractivity contribution < 1.29 is 4.74 Å². The fraction of sp³-hybridized carbons (Fsp3) is 1.00. The van der Waals surface area contributed by atoms with Gasteiger partial charge in [-0.2, -0.15) is 0 Å². The molecule has 1 unspecified atom stereocenters. The summed E-state index contributed by atoms with van der Waals surface area (Å²) in [5.74, 6) is 0. The molecular weight excluding hydrogens is 220 g/mol. The van der Waals surface area contributed by atoms with Crippen molar-refractivity contribution in [2.75, 3.05) is 6.61 Å². The SMILES string of the molecule is CCCCCCCCCCCCCC(C)OCC. The van der Waals surface area contributed by atoms with E-state index in [1.165, 1.54) is 77.0 Å². The molecule has 0 bridgehead atoms. The van der Waals surface area contributed by atoms with Crippen LogP contribution in [0, 0.1) is 0 Å². The van der Waals surface area contributed by atoms with Gasteiger partial charge in [0.2, 0.25) is 0 Å². The molecule has 0 aromatic carbocycles. The molecule has 0 heterocycles. The van der Waals surface area contributed by atoms with E-state index in [9.17, 15) is 0 Å². The summed E-state index contributed by atoms with van der Waals surface area (Å²) in [5, 5.41) is 0. The van der Waals surface area contributed by atoms with Crippen LogP contribution in [0.15, 0.2) is 0 Å². The first kappa shape index (κ1) is 18.0.